The van der Waals surface area contributed by atoms with E-state index in [1.54, 1.807) is 55.6 Å². The number of likely N-dealkylation sites (N-methyl/N-ethyl adjacent to an activating group) is 1. The van der Waals surface area contributed by atoms with Crippen LogP contribution in [0.3, 0.4) is 0 Å². The van der Waals surface area contributed by atoms with Crippen molar-refractivity contribution < 1.29 is 23.9 Å². The van der Waals surface area contributed by atoms with Crippen LogP contribution >= 0.6 is 0 Å². The van der Waals surface area contributed by atoms with Gasteiger partial charge in [0.1, 0.15) is 5.75 Å². The van der Waals surface area contributed by atoms with Crippen LogP contribution in [0.4, 0.5) is 11.4 Å². The van der Waals surface area contributed by atoms with Gasteiger partial charge < -0.3 is 19.7 Å². The van der Waals surface area contributed by atoms with E-state index in [2.05, 4.69) is 5.32 Å². The average Bonchev–Trinajstić information content (AvgIpc) is 2.71. The van der Waals surface area contributed by atoms with Gasteiger partial charge in [0.2, 0.25) is 0 Å². The van der Waals surface area contributed by atoms with Gasteiger partial charge >= 0.3 is 5.97 Å². The molecule has 2 aromatic rings. The maximum absolute atomic E-state index is 12.0. The second-order valence-electron chi connectivity index (χ2n) is 5.42. The number of hydrogen-bond donors (Lipinski definition) is 1. The molecule has 0 aliphatic carbocycles. The Labute approximate surface area is 157 Å². The zero-order valence-electron chi connectivity index (χ0n) is 15.0. The Morgan fingerprint density at radius 2 is 1.67 bits per heavy atom. The molecule has 2 amide bonds. The fourth-order valence-electron chi connectivity index (χ4n) is 2.15. The van der Waals surface area contributed by atoms with Crippen LogP contribution in [0.25, 0.3) is 0 Å². The highest BCUT2D eigenvalue weighted by Gasteiger charge is 2.10. The summed E-state index contributed by atoms with van der Waals surface area (Å²) in [5, 5.41) is 2.58. The molecule has 0 bridgehead atoms. The van der Waals surface area contributed by atoms with E-state index in [0.717, 1.165) is 12.2 Å². The Bertz CT molecular complexity index is 833. The zero-order chi connectivity index (χ0) is 19.6. The average molecular weight is 368 g/mol. The van der Waals surface area contributed by atoms with Gasteiger partial charge in [0.25, 0.3) is 11.8 Å². The number of esters is 1. The van der Waals surface area contributed by atoms with E-state index in [0.29, 0.717) is 17.1 Å². The first-order valence-corrected chi connectivity index (χ1v) is 8.11. The molecule has 7 nitrogen and oxygen atoms in total. The van der Waals surface area contributed by atoms with Gasteiger partial charge in [-0.2, -0.15) is 0 Å². The van der Waals surface area contributed by atoms with Crippen LogP contribution in [-0.4, -0.2) is 38.5 Å². The van der Waals surface area contributed by atoms with E-state index in [-0.39, 0.29) is 0 Å². The molecular weight excluding hydrogens is 348 g/mol. The molecule has 0 saturated carbocycles. The van der Waals surface area contributed by atoms with E-state index in [4.69, 9.17) is 9.47 Å². The number of carbonyl (C=O) groups excluding carboxylic acids is 3. The highest BCUT2D eigenvalue weighted by atomic mass is 16.5. The third kappa shape index (κ3) is 6.00. The Morgan fingerprint density at radius 1 is 1.00 bits per heavy atom. The summed E-state index contributed by atoms with van der Waals surface area (Å²) in [6, 6.07) is 15.8. The summed E-state index contributed by atoms with van der Waals surface area (Å²) in [6.07, 6.45) is 2.08. The molecule has 0 aliphatic rings. The van der Waals surface area contributed by atoms with Gasteiger partial charge in [-0.15, -0.1) is 0 Å². The monoisotopic (exact) mass is 368 g/mol. The number of hydrogen-bond acceptors (Lipinski definition) is 5. The Balaban J connectivity index is 1.82. The van der Waals surface area contributed by atoms with Crippen LogP contribution in [0.15, 0.2) is 66.7 Å². The lowest BCUT2D eigenvalue weighted by atomic mass is 10.3. The summed E-state index contributed by atoms with van der Waals surface area (Å²) in [5.74, 6) is -1.21. The maximum Gasteiger partial charge on any atom is 0.331 e. The number of methoxy groups -OCH3 is 1. The molecule has 2 rings (SSSR count). The molecule has 7 heteroatoms. The molecule has 0 radical (unpaired) electrons. The lowest BCUT2D eigenvalue weighted by molar-refractivity contribution is -0.142. The van der Waals surface area contributed by atoms with Crippen molar-refractivity contribution in [3.63, 3.8) is 0 Å². The molecule has 0 atom stereocenters. The molecule has 0 unspecified atom stereocenters. The minimum Gasteiger partial charge on any atom is -0.495 e. The van der Waals surface area contributed by atoms with Crippen molar-refractivity contribution in [1.29, 1.82) is 0 Å². The van der Waals surface area contributed by atoms with Crippen LogP contribution in [0.1, 0.15) is 0 Å². The normalized spacial score (nSPS) is 10.3. The lowest BCUT2D eigenvalue weighted by Gasteiger charge is -2.14. The van der Waals surface area contributed by atoms with E-state index in [1.807, 2.05) is 6.07 Å². The van der Waals surface area contributed by atoms with Gasteiger partial charge in [-0.3, -0.25) is 9.59 Å². The molecule has 0 aliphatic heterocycles. The standard InChI is InChI=1S/C20H20N2O5/c1-22(15-8-4-3-5-9-15)19(24)12-13-20(25)27-14-18(23)21-16-10-6-7-11-17(16)26-2/h3-13H,14H2,1-2H3,(H,21,23). The van der Waals surface area contributed by atoms with Crippen molar-refractivity contribution in [3.05, 3.63) is 66.7 Å². The predicted molar refractivity (Wildman–Crippen MR) is 102 cm³/mol. The molecule has 0 heterocycles. The summed E-state index contributed by atoms with van der Waals surface area (Å²) in [4.78, 5) is 37.0. The Morgan fingerprint density at radius 3 is 2.37 bits per heavy atom. The van der Waals surface area contributed by atoms with Crippen molar-refractivity contribution in [2.75, 3.05) is 31.0 Å². The summed E-state index contributed by atoms with van der Waals surface area (Å²) in [7, 11) is 3.08. The van der Waals surface area contributed by atoms with Crippen molar-refractivity contribution in [3.8, 4) is 5.75 Å². The molecule has 0 saturated heterocycles. The number of nitrogens with one attached hydrogen (secondary N) is 1. The molecule has 27 heavy (non-hydrogen) atoms. The van der Waals surface area contributed by atoms with E-state index < -0.39 is 24.4 Å². The first-order valence-electron chi connectivity index (χ1n) is 8.11. The molecule has 2 aromatic carbocycles. The molecule has 0 fully saturated rings. The fraction of sp³-hybridized carbons (Fsp3) is 0.150. The summed E-state index contributed by atoms with van der Waals surface area (Å²) in [6.45, 7) is -0.482. The summed E-state index contributed by atoms with van der Waals surface area (Å²) >= 11 is 0. The maximum atomic E-state index is 12.0. The third-order valence-corrected chi connectivity index (χ3v) is 3.56. The van der Waals surface area contributed by atoms with Crippen molar-refractivity contribution >= 4 is 29.2 Å². The highest BCUT2D eigenvalue weighted by molar-refractivity contribution is 6.04. The number of rotatable bonds is 7. The number of anilines is 2. The highest BCUT2D eigenvalue weighted by Crippen LogP contribution is 2.22. The van der Waals surface area contributed by atoms with Crippen LogP contribution in [0.5, 0.6) is 5.75 Å². The summed E-state index contributed by atoms with van der Waals surface area (Å²) in [5.41, 5.74) is 1.16. The first kappa shape index (κ1) is 19.7. The van der Waals surface area contributed by atoms with E-state index in [1.165, 1.54) is 12.0 Å². The van der Waals surface area contributed by atoms with E-state index >= 15 is 0 Å². The summed E-state index contributed by atoms with van der Waals surface area (Å²) < 4.78 is 9.96. The second kappa shape index (κ2) is 9.76. The van der Waals surface area contributed by atoms with Crippen LogP contribution in [-0.2, 0) is 19.1 Å². The van der Waals surface area contributed by atoms with Crippen molar-refractivity contribution in [2.45, 2.75) is 0 Å². The minimum absolute atomic E-state index is 0.392. The zero-order valence-corrected chi connectivity index (χ0v) is 15.0. The number of para-hydroxylation sites is 3. The van der Waals surface area contributed by atoms with Gasteiger partial charge in [-0.25, -0.2) is 4.79 Å². The number of amides is 2. The molecular formula is C20H20N2O5. The van der Waals surface area contributed by atoms with Gasteiger partial charge in [0, 0.05) is 24.9 Å². The number of carbonyl (C=O) groups is 3. The van der Waals surface area contributed by atoms with Crippen molar-refractivity contribution in [2.24, 2.45) is 0 Å². The Kier molecular flexibility index (Phi) is 7.13. The van der Waals surface area contributed by atoms with Gasteiger partial charge in [-0.05, 0) is 24.3 Å². The van der Waals surface area contributed by atoms with Gasteiger partial charge in [0.15, 0.2) is 6.61 Å². The first-order chi connectivity index (χ1) is 13.0. The lowest BCUT2D eigenvalue weighted by Crippen LogP contribution is -2.24. The van der Waals surface area contributed by atoms with E-state index in [9.17, 15) is 14.4 Å². The molecule has 140 valence electrons. The van der Waals surface area contributed by atoms with Gasteiger partial charge in [0.05, 0.1) is 12.8 Å². The predicted octanol–water partition coefficient (Wildman–Crippen LogP) is 2.40. The SMILES string of the molecule is COc1ccccc1NC(=O)COC(=O)C=CC(=O)N(C)c1ccccc1. The third-order valence-electron chi connectivity index (χ3n) is 3.56. The minimum atomic E-state index is -0.792. The van der Waals surface area contributed by atoms with Crippen LogP contribution in [0.2, 0.25) is 0 Å². The molecule has 0 spiro atoms. The second-order valence-corrected chi connectivity index (χ2v) is 5.42. The number of benzene rings is 2. The number of ether oxygens (including phenoxy) is 2. The molecule has 1 N–H and O–H groups in total. The van der Waals surface area contributed by atoms with Crippen LogP contribution in [0, 0.1) is 0 Å². The Hall–Kier alpha value is -3.61. The fourth-order valence-corrected chi connectivity index (χ4v) is 2.15. The topological polar surface area (TPSA) is 84.9 Å². The molecule has 0 aromatic heterocycles. The quantitative estimate of drug-likeness (QED) is 0.599. The number of nitrogens with zero attached hydrogens (tertiary/aromatic N) is 1. The largest absolute Gasteiger partial charge is 0.495 e. The van der Waals surface area contributed by atoms with Crippen molar-refractivity contribution in [1.82, 2.24) is 0 Å². The van der Waals surface area contributed by atoms with Gasteiger partial charge in [-0.1, -0.05) is 30.3 Å². The smallest absolute Gasteiger partial charge is 0.331 e. The van der Waals surface area contributed by atoms with Crippen LogP contribution < -0.4 is 15.0 Å².